The van der Waals surface area contributed by atoms with Gasteiger partial charge in [-0.1, -0.05) is 90.0 Å². The number of fused-ring (bicyclic) bond motifs is 3. The van der Waals surface area contributed by atoms with E-state index in [1.54, 1.807) is 42.5 Å². The standard InChI is InChI=1S/C27H17Cl2N3O/c28-20-12-10-19(14-21(20)29)24-25(26(33)18-7-2-1-3-8-18)32-22-9-5-4-6-17(22)11-13-23(32)27(24,15-30)16-31/h1-14,23-25H. The maximum absolute atomic E-state index is 14.0. The fourth-order valence-electron chi connectivity index (χ4n) is 5.09. The van der Waals surface area contributed by atoms with Crippen molar-refractivity contribution in [1.82, 2.24) is 0 Å². The number of hydrogen-bond donors (Lipinski definition) is 0. The summed E-state index contributed by atoms with van der Waals surface area (Å²) in [6, 6.07) is 24.9. The summed E-state index contributed by atoms with van der Waals surface area (Å²) in [5.74, 6) is -0.912. The summed E-state index contributed by atoms with van der Waals surface area (Å²) in [5, 5.41) is 21.5. The van der Waals surface area contributed by atoms with Crippen LogP contribution in [0.15, 0.2) is 78.9 Å². The van der Waals surface area contributed by atoms with Gasteiger partial charge in [0.05, 0.1) is 28.2 Å². The van der Waals surface area contributed by atoms with E-state index in [-0.39, 0.29) is 5.78 Å². The van der Waals surface area contributed by atoms with Crippen molar-refractivity contribution in [2.75, 3.05) is 4.90 Å². The smallest absolute Gasteiger partial charge is 0.185 e. The van der Waals surface area contributed by atoms with Gasteiger partial charge in [0, 0.05) is 17.2 Å². The number of Topliss-reactive ketones (excluding diaryl/α,β-unsaturated/α-hetero) is 1. The summed E-state index contributed by atoms with van der Waals surface area (Å²) in [6.07, 6.45) is 3.78. The normalized spacial score (nSPS) is 22.1. The van der Waals surface area contributed by atoms with Gasteiger partial charge in [0.15, 0.2) is 11.2 Å². The molecule has 0 spiro atoms. The summed E-state index contributed by atoms with van der Waals surface area (Å²) in [5.41, 5.74) is 1.37. The average molecular weight is 470 g/mol. The van der Waals surface area contributed by atoms with Gasteiger partial charge < -0.3 is 4.90 Å². The lowest BCUT2D eigenvalue weighted by Gasteiger charge is -2.35. The number of ketones is 1. The molecule has 4 nitrogen and oxygen atoms in total. The van der Waals surface area contributed by atoms with E-state index in [2.05, 4.69) is 12.1 Å². The predicted molar refractivity (Wildman–Crippen MR) is 129 cm³/mol. The molecule has 3 atom stereocenters. The van der Waals surface area contributed by atoms with E-state index in [9.17, 15) is 15.3 Å². The van der Waals surface area contributed by atoms with Crippen LogP contribution in [0.5, 0.6) is 0 Å². The third-order valence-corrected chi connectivity index (χ3v) is 7.28. The van der Waals surface area contributed by atoms with Crippen molar-refractivity contribution in [3.05, 3.63) is 106 Å². The first-order valence-corrected chi connectivity index (χ1v) is 11.2. The van der Waals surface area contributed by atoms with Gasteiger partial charge >= 0.3 is 0 Å². The molecule has 0 aromatic heterocycles. The molecular formula is C27H17Cl2N3O. The van der Waals surface area contributed by atoms with Crippen molar-refractivity contribution in [1.29, 1.82) is 10.5 Å². The van der Waals surface area contributed by atoms with E-state index >= 15 is 0 Å². The van der Waals surface area contributed by atoms with E-state index in [0.717, 1.165) is 11.3 Å². The van der Waals surface area contributed by atoms with Crippen LogP contribution in [0.25, 0.3) is 6.08 Å². The van der Waals surface area contributed by atoms with Crippen molar-refractivity contribution in [3.63, 3.8) is 0 Å². The van der Waals surface area contributed by atoms with Crippen LogP contribution in [0.1, 0.15) is 27.4 Å². The van der Waals surface area contributed by atoms with Crippen molar-refractivity contribution in [2.24, 2.45) is 5.41 Å². The number of benzene rings is 3. The molecule has 3 aromatic rings. The lowest BCUT2D eigenvalue weighted by molar-refractivity contribution is 0.0951. The molecule has 6 heteroatoms. The maximum atomic E-state index is 14.0. The first-order chi connectivity index (χ1) is 16.0. The van der Waals surface area contributed by atoms with Gasteiger partial charge in [0.2, 0.25) is 0 Å². The van der Waals surface area contributed by atoms with Gasteiger partial charge in [-0.3, -0.25) is 4.79 Å². The second-order valence-corrected chi connectivity index (χ2v) is 9.00. The van der Waals surface area contributed by atoms with Crippen LogP contribution in [0, 0.1) is 28.1 Å². The molecule has 160 valence electrons. The Morgan fingerprint density at radius 2 is 1.61 bits per heavy atom. The maximum Gasteiger partial charge on any atom is 0.185 e. The Morgan fingerprint density at radius 1 is 0.909 bits per heavy atom. The summed E-state index contributed by atoms with van der Waals surface area (Å²) in [6.45, 7) is 0. The Labute approximate surface area is 201 Å². The van der Waals surface area contributed by atoms with E-state index in [1.165, 1.54) is 0 Å². The minimum Gasteiger partial charge on any atom is -0.351 e. The molecule has 3 aromatic carbocycles. The summed E-state index contributed by atoms with van der Waals surface area (Å²) in [7, 11) is 0. The fraction of sp³-hybridized carbons (Fsp3) is 0.148. The van der Waals surface area contributed by atoms with Crippen LogP contribution in [0.3, 0.4) is 0 Å². The molecule has 0 amide bonds. The summed E-state index contributed by atoms with van der Waals surface area (Å²) < 4.78 is 0. The quantitative estimate of drug-likeness (QED) is 0.423. The van der Waals surface area contributed by atoms with Crippen molar-refractivity contribution in [2.45, 2.75) is 18.0 Å². The molecule has 0 bridgehead atoms. The Morgan fingerprint density at radius 3 is 2.30 bits per heavy atom. The summed E-state index contributed by atoms with van der Waals surface area (Å²) >= 11 is 12.5. The number of halogens is 2. The van der Waals surface area contributed by atoms with Crippen molar-refractivity contribution in [3.8, 4) is 12.1 Å². The Hall–Kier alpha value is -3.57. The van der Waals surface area contributed by atoms with E-state index in [1.807, 2.05) is 47.4 Å². The van der Waals surface area contributed by atoms with Crippen molar-refractivity contribution >= 4 is 40.7 Å². The molecule has 2 aliphatic rings. The zero-order valence-electron chi connectivity index (χ0n) is 17.3. The zero-order valence-corrected chi connectivity index (χ0v) is 18.8. The molecule has 2 heterocycles. The Bertz CT molecular complexity index is 1360. The monoisotopic (exact) mass is 469 g/mol. The second kappa shape index (κ2) is 8.09. The second-order valence-electron chi connectivity index (χ2n) is 8.19. The number of nitrogens with zero attached hydrogens (tertiary/aromatic N) is 3. The minimum atomic E-state index is -1.52. The van der Waals surface area contributed by atoms with Crippen LogP contribution in [0.2, 0.25) is 10.0 Å². The number of carbonyl (C=O) groups excluding carboxylic acids is 1. The number of anilines is 1. The molecule has 33 heavy (non-hydrogen) atoms. The molecule has 0 N–H and O–H groups in total. The summed E-state index contributed by atoms with van der Waals surface area (Å²) in [4.78, 5) is 16.0. The van der Waals surface area contributed by atoms with Crippen LogP contribution in [0.4, 0.5) is 5.69 Å². The van der Waals surface area contributed by atoms with E-state index < -0.39 is 23.4 Å². The molecule has 3 unspecified atom stereocenters. The first kappa shape index (κ1) is 21.3. The van der Waals surface area contributed by atoms with Crippen LogP contribution in [-0.2, 0) is 0 Å². The highest BCUT2D eigenvalue weighted by Crippen LogP contribution is 2.55. The third-order valence-electron chi connectivity index (χ3n) is 6.54. The minimum absolute atomic E-state index is 0.158. The topological polar surface area (TPSA) is 67.9 Å². The van der Waals surface area contributed by atoms with Gasteiger partial charge in [-0.15, -0.1) is 0 Å². The highest BCUT2D eigenvalue weighted by Gasteiger charge is 2.63. The van der Waals surface area contributed by atoms with E-state index in [0.29, 0.717) is 21.2 Å². The molecule has 0 saturated carbocycles. The van der Waals surface area contributed by atoms with Gasteiger partial charge in [-0.05, 0) is 29.3 Å². The van der Waals surface area contributed by atoms with Crippen LogP contribution in [-0.4, -0.2) is 17.9 Å². The van der Waals surface area contributed by atoms with Crippen LogP contribution < -0.4 is 4.90 Å². The third kappa shape index (κ3) is 3.15. The largest absolute Gasteiger partial charge is 0.351 e. The predicted octanol–water partition coefficient (Wildman–Crippen LogP) is 6.28. The molecule has 1 fully saturated rings. The molecule has 0 aliphatic carbocycles. The molecule has 5 rings (SSSR count). The SMILES string of the molecule is N#CC1(C#N)C(c2ccc(Cl)c(Cl)c2)C(C(=O)c2ccccc2)N2c3ccccc3C=CC21. The first-order valence-electron chi connectivity index (χ1n) is 10.4. The number of rotatable bonds is 3. The molecule has 2 aliphatic heterocycles. The number of nitriles is 2. The average Bonchev–Trinajstić information content (AvgIpc) is 3.17. The number of para-hydroxylation sites is 1. The highest BCUT2D eigenvalue weighted by molar-refractivity contribution is 6.42. The van der Waals surface area contributed by atoms with Gasteiger partial charge in [0.1, 0.15) is 6.04 Å². The Kier molecular flexibility index (Phi) is 5.22. The fourth-order valence-corrected chi connectivity index (χ4v) is 5.39. The van der Waals surface area contributed by atoms with Crippen molar-refractivity contribution < 1.29 is 4.79 Å². The lowest BCUT2D eigenvalue weighted by atomic mass is 9.69. The highest BCUT2D eigenvalue weighted by atomic mass is 35.5. The van der Waals surface area contributed by atoms with Gasteiger partial charge in [-0.25, -0.2) is 0 Å². The number of hydrogen-bond acceptors (Lipinski definition) is 4. The van der Waals surface area contributed by atoms with E-state index in [4.69, 9.17) is 23.2 Å². The molecule has 0 radical (unpaired) electrons. The number of carbonyl (C=O) groups is 1. The lowest BCUT2D eigenvalue weighted by Crippen LogP contribution is -2.44. The van der Waals surface area contributed by atoms with Gasteiger partial charge in [0.25, 0.3) is 0 Å². The molecular weight excluding hydrogens is 453 g/mol. The molecule has 1 saturated heterocycles. The Balaban J connectivity index is 1.80. The van der Waals surface area contributed by atoms with Gasteiger partial charge in [-0.2, -0.15) is 10.5 Å². The zero-order chi connectivity index (χ0) is 23.2. The van der Waals surface area contributed by atoms with Crippen LogP contribution >= 0.6 is 23.2 Å².